The van der Waals surface area contributed by atoms with Crippen LogP contribution in [0.25, 0.3) is 11.5 Å². The molecule has 2 N–H and O–H groups in total. The largest absolute Gasteiger partial charge is 0.419 e. The molecule has 0 atom stereocenters. The van der Waals surface area contributed by atoms with Crippen LogP contribution in [0.1, 0.15) is 42.1 Å². The second-order valence-corrected chi connectivity index (χ2v) is 7.07. The highest BCUT2D eigenvalue weighted by Crippen LogP contribution is 2.21. The number of rotatable bonds is 5. The lowest BCUT2D eigenvalue weighted by molar-refractivity contribution is 0.201. The second kappa shape index (κ2) is 8.24. The number of H-pyrrole nitrogens is 1. The standard InChI is InChI=1S/C20H24N6O2/c1-26(13-18-24-25-19(28-18)14-8-4-2-5-9-14)20(27)21-12-17-15-10-6-3-7-11-16(15)22-23-17/h2,4-5,8-9H,3,6-7,10-13H2,1H3,(H,21,27)(H,22,23). The molecule has 0 aliphatic heterocycles. The SMILES string of the molecule is CN(Cc1nnc(-c2ccccc2)o1)C(=O)NCc1n[nH]c2c1CCCCC2. The average molecular weight is 380 g/mol. The van der Waals surface area contributed by atoms with Crippen LogP contribution in [-0.2, 0) is 25.9 Å². The van der Waals surface area contributed by atoms with Gasteiger partial charge in [0, 0.05) is 18.3 Å². The normalized spacial score (nSPS) is 13.6. The van der Waals surface area contributed by atoms with Crippen molar-refractivity contribution in [1.29, 1.82) is 0 Å². The summed E-state index contributed by atoms with van der Waals surface area (Å²) >= 11 is 0. The Morgan fingerprint density at radius 1 is 1.18 bits per heavy atom. The van der Waals surface area contributed by atoms with E-state index in [-0.39, 0.29) is 12.6 Å². The molecule has 1 aliphatic carbocycles. The Hall–Kier alpha value is -3.16. The molecular weight excluding hydrogens is 356 g/mol. The summed E-state index contributed by atoms with van der Waals surface area (Å²) in [4.78, 5) is 14.0. The number of aromatic amines is 1. The van der Waals surface area contributed by atoms with Gasteiger partial charge >= 0.3 is 6.03 Å². The van der Waals surface area contributed by atoms with Gasteiger partial charge in [0.15, 0.2) is 0 Å². The molecule has 146 valence electrons. The minimum Gasteiger partial charge on any atom is -0.419 e. The third-order valence-corrected chi connectivity index (χ3v) is 5.01. The predicted molar refractivity (Wildman–Crippen MR) is 103 cm³/mol. The van der Waals surface area contributed by atoms with E-state index in [1.165, 1.54) is 35.4 Å². The number of carbonyl (C=O) groups excluding carboxylic acids is 1. The number of urea groups is 1. The number of hydrogen-bond acceptors (Lipinski definition) is 5. The zero-order valence-electron chi connectivity index (χ0n) is 15.9. The lowest BCUT2D eigenvalue weighted by atomic mass is 10.1. The van der Waals surface area contributed by atoms with Gasteiger partial charge in [-0.05, 0) is 43.4 Å². The highest BCUT2D eigenvalue weighted by molar-refractivity contribution is 5.73. The molecule has 0 saturated carbocycles. The highest BCUT2D eigenvalue weighted by atomic mass is 16.4. The zero-order chi connectivity index (χ0) is 19.3. The van der Waals surface area contributed by atoms with Crippen molar-refractivity contribution in [2.24, 2.45) is 0 Å². The molecule has 1 aliphatic rings. The van der Waals surface area contributed by atoms with Crippen LogP contribution in [0.2, 0.25) is 0 Å². The summed E-state index contributed by atoms with van der Waals surface area (Å²) in [7, 11) is 1.70. The molecule has 28 heavy (non-hydrogen) atoms. The Bertz CT molecular complexity index is 933. The molecule has 2 heterocycles. The lowest BCUT2D eigenvalue weighted by Crippen LogP contribution is -2.36. The fourth-order valence-electron chi connectivity index (χ4n) is 3.46. The van der Waals surface area contributed by atoms with Crippen molar-refractivity contribution in [3.63, 3.8) is 0 Å². The third-order valence-electron chi connectivity index (χ3n) is 5.01. The van der Waals surface area contributed by atoms with Crippen molar-refractivity contribution in [2.75, 3.05) is 7.05 Å². The van der Waals surface area contributed by atoms with E-state index >= 15 is 0 Å². The van der Waals surface area contributed by atoms with Crippen molar-refractivity contribution in [1.82, 2.24) is 30.6 Å². The molecule has 0 radical (unpaired) electrons. The third kappa shape index (κ3) is 4.05. The molecule has 0 fully saturated rings. The molecule has 1 aromatic carbocycles. The van der Waals surface area contributed by atoms with Gasteiger partial charge in [0.2, 0.25) is 11.8 Å². The molecule has 2 amide bonds. The van der Waals surface area contributed by atoms with E-state index in [9.17, 15) is 4.79 Å². The molecule has 8 nitrogen and oxygen atoms in total. The molecule has 0 unspecified atom stereocenters. The number of fused-ring (bicyclic) bond motifs is 1. The predicted octanol–water partition coefficient (Wildman–Crippen LogP) is 3.07. The molecule has 3 aromatic rings. The quantitative estimate of drug-likeness (QED) is 0.663. The summed E-state index contributed by atoms with van der Waals surface area (Å²) in [6.07, 6.45) is 5.67. The van der Waals surface area contributed by atoms with Crippen LogP contribution in [-0.4, -0.2) is 38.4 Å². The van der Waals surface area contributed by atoms with Gasteiger partial charge in [-0.15, -0.1) is 10.2 Å². The summed E-state index contributed by atoms with van der Waals surface area (Å²) in [5.74, 6) is 0.841. The van der Waals surface area contributed by atoms with Gasteiger partial charge in [0.05, 0.1) is 12.2 Å². The maximum atomic E-state index is 12.4. The second-order valence-electron chi connectivity index (χ2n) is 7.07. The van der Waals surface area contributed by atoms with Crippen LogP contribution in [0.3, 0.4) is 0 Å². The lowest BCUT2D eigenvalue weighted by Gasteiger charge is -2.15. The van der Waals surface area contributed by atoms with Crippen LogP contribution in [0.4, 0.5) is 4.79 Å². The first-order chi connectivity index (χ1) is 13.7. The molecule has 4 rings (SSSR count). The van der Waals surface area contributed by atoms with Gasteiger partial charge in [0.25, 0.3) is 0 Å². The molecule has 2 aromatic heterocycles. The van der Waals surface area contributed by atoms with E-state index in [4.69, 9.17) is 4.42 Å². The fourth-order valence-corrected chi connectivity index (χ4v) is 3.46. The summed E-state index contributed by atoms with van der Waals surface area (Å²) in [5.41, 5.74) is 4.27. The van der Waals surface area contributed by atoms with Gasteiger partial charge < -0.3 is 14.6 Å². The van der Waals surface area contributed by atoms with Gasteiger partial charge in [-0.25, -0.2) is 4.79 Å². The summed E-state index contributed by atoms with van der Waals surface area (Å²) in [5, 5.41) is 18.5. The molecule has 0 bridgehead atoms. The van der Waals surface area contributed by atoms with Crippen LogP contribution in [0, 0.1) is 0 Å². The minimum atomic E-state index is -0.204. The molecule has 0 saturated heterocycles. The zero-order valence-corrected chi connectivity index (χ0v) is 15.9. The first-order valence-corrected chi connectivity index (χ1v) is 9.62. The van der Waals surface area contributed by atoms with Crippen LogP contribution in [0.5, 0.6) is 0 Å². The molecular formula is C20H24N6O2. The molecule has 8 heteroatoms. The van der Waals surface area contributed by atoms with E-state index in [1.54, 1.807) is 7.05 Å². The highest BCUT2D eigenvalue weighted by Gasteiger charge is 2.18. The Morgan fingerprint density at radius 2 is 2.00 bits per heavy atom. The van der Waals surface area contributed by atoms with Gasteiger partial charge in [-0.2, -0.15) is 5.10 Å². The number of carbonyl (C=O) groups is 1. The smallest absolute Gasteiger partial charge is 0.317 e. The summed E-state index contributed by atoms with van der Waals surface area (Å²) in [6.45, 7) is 0.651. The first-order valence-electron chi connectivity index (χ1n) is 9.62. The maximum Gasteiger partial charge on any atom is 0.317 e. The van der Waals surface area contributed by atoms with E-state index < -0.39 is 0 Å². The topological polar surface area (TPSA) is 99.9 Å². The van der Waals surface area contributed by atoms with Crippen LogP contribution in [0.15, 0.2) is 34.7 Å². The van der Waals surface area contributed by atoms with Crippen molar-refractivity contribution in [3.05, 3.63) is 53.2 Å². The Labute approximate surface area is 163 Å². The fraction of sp³-hybridized carbons (Fsp3) is 0.400. The number of aromatic nitrogens is 4. The number of nitrogens with one attached hydrogen (secondary N) is 2. The van der Waals surface area contributed by atoms with Crippen molar-refractivity contribution >= 4 is 6.03 Å². The van der Waals surface area contributed by atoms with E-state index in [0.29, 0.717) is 18.3 Å². The van der Waals surface area contributed by atoms with Crippen molar-refractivity contribution < 1.29 is 9.21 Å². The van der Waals surface area contributed by atoms with E-state index in [2.05, 4.69) is 25.7 Å². The van der Waals surface area contributed by atoms with E-state index in [1.807, 2.05) is 30.3 Å². The number of nitrogens with zero attached hydrogens (tertiary/aromatic N) is 4. The van der Waals surface area contributed by atoms with Crippen LogP contribution >= 0.6 is 0 Å². The Kier molecular flexibility index (Phi) is 5.36. The molecule has 0 spiro atoms. The van der Waals surface area contributed by atoms with Crippen molar-refractivity contribution in [3.8, 4) is 11.5 Å². The van der Waals surface area contributed by atoms with E-state index in [0.717, 1.165) is 24.1 Å². The summed E-state index contributed by atoms with van der Waals surface area (Å²) in [6, 6.07) is 9.35. The van der Waals surface area contributed by atoms with Gasteiger partial charge in [-0.3, -0.25) is 5.10 Å². The minimum absolute atomic E-state index is 0.204. The van der Waals surface area contributed by atoms with Gasteiger partial charge in [0.1, 0.15) is 6.54 Å². The Morgan fingerprint density at radius 3 is 2.86 bits per heavy atom. The number of aryl methyl sites for hydroxylation is 1. The maximum absolute atomic E-state index is 12.4. The number of amides is 2. The summed E-state index contributed by atoms with van der Waals surface area (Å²) < 4.78 is 5.67. The van der Waals surface area contributed by atoms with Gasteiger partial charge in [-0.1, -0.05) is 24.6 Å². The monoisotopic (exact) mass is 380 g/mol. The Balaban J connectivity index is 1.33. The van der Waals surface area contributed by atoms with Crippen molar-refractivity contribution in [2.45, 2.75) is 45.2 Å². The first kappa shape index (κ1) is 18.2. The number of benzene rings is 1. The number of hydrogen-bond donors (Lipinski definition) is 2. The average Bonchev–Trinajstić information content (AvgIpc) is 3.27. The van der Waals surface area contributed by atoms with Crippen LogP contribution < -0.4 is 5.32 Å².